The van der Waals surface area contributed by atoms with Crippen LogP contribution < -0.4 is 4.74 Å². The van der Waals surface area contributed by atoms with Gasteiger partial charge in [-0.05, 0) is 73.1 Å². The average molecular weight is 356 g/mol. The van der Waals surface area contributed by atoms with E-state index in [2.05, 4.69) is 19.1 Å². The minimum absolute atomic E-state index is 0.153. The summed E-state index contributed by atoms with van der Waals surface area (Å²) in [6, 6.07) is 6.26. The molecule has 5 rings (SSSR count). The van der Waals surface area contributed by atoms with Crippen LogP contribution in [0.4, 0.5) is 0 Å². The van der Waals surface area contributed by atoms with Crippen LogP contribution in [0.25, 0.3) is 0 Å². The summed E-state index contributed by atoms with van der Waals surface area (Å²) in [6.45, 7) is 5.38. The van der Waals surface area contributed by atoms with Crippen molar-refractivity contribution < 1.29 is 19.0 Å². The molecule has 4 aliphatic rings. The Morgan fingerprint density at radius 3 is 2.73 bits per heavy atom. The van der Waals surface area contributed by atoms with Gasteiger partial charge < -0.3 is 14.2 Å². The van der Waals surface area contributed by atoms with Gasteiger partial charge in [0.2, 0.25) is 0 Å². The molecule has 1 heterocycles. The van der Waals surface area contributed by atoms with Gasteiger partial charge >= 0.3 is 5.97 Å². The maximum absolute atomic E-state index is 11.2. The highest BCUT2D eigenvalue weighted by atomic mass is 16.7. The van der Waals surface area contributed by atoms with Crippen LogP contribution in [0.3, 0.4) is 0 Å². The van der Waals surface area contributed by atoms with Crippen LogP contribution in [-0.2, 0) is 20.7 Å². The number of ether oxygens (including phenoxy) is 3. The van der Waals surface area contributed by atoms with Crippen LogP contribution in [0, 0.1) is 17.3 Å². The zero-order valence-corrected chi connectivity index (χ0v) is 15.8. The molecule has 4 heteroatoms. The molecular formula is C22H28O4. The van der Waals surface area contributed by atoms with Gasteiger partial charge in [-0.25, -0.2) is 0 Å². The number of carbonyl (C=O) groups excluding carboxylic acids is 1. The van der Waals surface area contributed by atoms with Crippen molar-refractivity contribution in [3.63, 3.8) is 0 Å². The van der Waals surface area contributed by atoms with Gasteiger partial charge in [0.15, 0.2) is 5.79 Å². The molecule has 1 aromatic carbocycles. The summed E-state index contributed by atoms with van der Waals surface area (Å²) in [5, 5.41) is 0. The SMILES string of the molecule is CC(=O)Oc1ccc2c(c1)CC[C@@H]1[C@@H]2CC[C@@]2(C)[C@H]1CCC21OCCO1. The lowest BCUT2D eigenvalue weighted by atomic mass is 9.55. The summed E-state index contributed by atoms with van der Waals surface area (Å²) in [6.07, 6.45) is 6.94. The number of aryl methyl sites for hydroxylation is 1. The Bertz CT molecular complexity index is 736. The Labute approximate surface area is 155 Å². The molecule has 0 amide bonds. The lowest BCUT2D eigenvalue weighted by molar-refractivity contribution is -0.237. The van der Waals surface area contributed by atoms with Crippen molar-refractivity contribution in [3.05, 3.63) is 29.3 Å². The van der Waals surface area contributed by atoms with Gasteiger partial charge in [-0.15, -0.1) is 0 Å². The quantitative estimate of drug-likeness (QED) is 0.558. The van der Waals surface area contributed by atoms with Crippen LogP contribution >= 0.6 is 0 Å². The third-order valence-electron chi connectivity index (χ3n) is 7.76. The van der Waals surface area contributed by atoms with E-state index in [9.17, 15) is 4.79 Å². The molecule has 1 spiro atoms. The second kappa shape index (κ2) is 5.80. The fraction of sp³-hybridized carbons (Fsp3) is 0.682. The number of rotatable bonds is 1. The fourth-order valence-corrected chi connectivity index (χ4v) is 6.67. The van der Waals surface area contributed by atoms with Gasteiger partial charge in [-0.3, -0.25) is 4.79 Å². The highest BCUT2D eigenvalue weighted by molar-refractivity contribution is 5.69. The first-order valence-electron chi connectivity index (χ1n) is 10.1. The molecule has 2 saturated carbocycles. The van der Waals surface area contributed by atoms with E-state index in [4.69, 9.17) is 14.2 Å². The smallest absolute Gasteiger partial charge is 0.308 e. The van der Waals surface area contributed by atoms with E-state index in [1.165, 1.54) is 43.7 Å². The molecule has 1 saturated heterocycles. The van der Waals surface area contributed by atoms with Gasteiger partial charge in [-0.1, -0.05) is 13.0 Å². The van der Waals surface area contributed by atoms with E-state index in [1.807, 2.05) is 6.07 Å². The summed E-state index contributed by atoms with van der Waals surface area (Å²) >= 11 is 0. The van der Waals surface area contributed by atoms with Crippen LogP contribution in [0.2, 0.25) is 0 Å². The largest absolute Gasteiger partial charge is 0.427 e. The molecule has 0 radical (unpaired) electrons. The molecule has 1 aliphatic heterocycles. The molecule has 26 heavy (non-hydrogen) atoms. The Hall–Kier alpha value is -1.39. The topological polar surface area (TPSA) is 44.8 Å². The molecule has 0 N–H and O–H groups in total. The summed E-state index contributed by atoms with van der Waals surface area (Å²) in [5.74, 6) is 2.14. The van der Waals surface area contributed by atoms with Crippen molar-refractivity contribution in [3.8, 4) is 5.75 Å². The van der Waals surface area contributed by atoms with E-state index in [0.29, 0.717) is 23.5 Å². The van der Waals surface area contributed by atoms with Crippen molar-refractivity contribution in [2.45, 2.75) is 64.1 Å². The number of hydrogen-bond donors (Lipinski definition) is 0. The predicted molar refractivity (Wildman–Crippen MR) is 97.0 cm³/mol. The number of carbonyl (C=O) groups is 1. The Kier molecular flexibility index (Phi) is 3.74. The second-order valence-corrected chi connectivity index (χ2v) is 8.81. The van der Waals surface area contributed by atoms with Gasteiger partial charge in [0.1, 0.15) is 5.75 Å². The summed E-state index contributed by atoms with van der Waals surface area (Å²) in [7, 11) is 0. The zero-order chi connectivity index (χ0) is 17.9. The first kappa shape index (κ1) is 16.8. The molecule has 0 unspecified atom stereocenters. The van der Waals surface area contributed by atoms with Crippen molar-refractivity contribution >= 4 is 5.97 Å². The van der Waals surface area contributed by atoms with Crippen LogP contribution in [0.15, 0.2) is 18.2 Å². The van der Waals surface area contributed by atoms with E-state index in [1.54, 1.807) is 0 Å². The number of esters is 1. The predicted octanol–water partition coefficient (Wildman–Crippen LogP) is 4.21. The number of fused-ring (bicyclic) bond motifs is 6. The first-order chi connectivity index (χ1) is 12.5. The fourth-order valence-electron chi connectivity index (χ4n) is 6.67. The van der Waals surface area contributed by atoms with Crippen LogP contribution in [0.1, 0.15) is 63.0 Å². The molecule has 140 valence electrons. The third-order valence-corrected chi connectivity index (χ3v) is 7.76. The van der Waals surface area contributed by atoms with Crippen LogP contribution in [-0.4, -0.2) is 25.0 Å². The molecule has 0 bridgehead atoms. The van der Waals surface area contributed by atoms with Crippen molar-refractivity contribution in [2.75, 3.05) is 13.2 Å². The summed E-state index contributed by atoms with van der Waals surface area (Å²) in [4.78, 5) is 11.2. The van der Waals surface area contributed by atoms with E-state index >= 15 is 0 Å². The lowest BCUT2D eigenvalue weighted by Gasteiger charge is -2.52. The van der Waals surface area contributed by atoms with Gasteiger partial charge in [0, 0.05) is 18.8 Å². The molecule has 0 aromatic heterocycles. The van der Waals surface area contributed by atoms with E-state index < -0.39 is 0 Å². The maximum atomic E-state index is 11.2. The molecule has 4 atom stereocenters. The highest BCUT2D eigenvalue weighted by Crippen LogP contribution is 2.66. The minimum Gasteiger partial charge on any atom is -0.427 e. The highest BCUT2D eigenvalue weighted by Gasteiger charge is 2.64. The zero-order valence-electron chi connectivity index (χ0n) is 15.8. The summed E-state index contributed by atoms with van der Waals surface area (Å²) < 4.78 is 17.7. The Morgan fingerprint density at radius 2 is 1.96 bits per heavy atom. The molecule has 4 nitrogen and oxygen atoms in total. The lowest BCUT2D eigenvalue weighted by Crippen LogP contribution is -2.51. The normalized spacial score (nSPS) is 37.1. The maximum Gasteiger partial charge on any atom is 0.308 e. The van der Waals surface area contributed by atoms with Crippen molar-refractivity contribution in [1.82, 2.24) is 0 Å². The molecule has 1 aromatic rings. The number of benzene rings is 1. The minimum atomic E-state index is -0.317. The Balaban J connectivity index is 1.44. The molecular weight excluding hydrogens is 328 g/mol. The summed E-state index contributed by atoms with van der Waals surface area (Å²) in [5.41, 5.74) is 3.00. The average Bonchev–Trinajstić information content (AvgIpc) is 3.21. The third kappa shape index (κ3) is 2.24. The van der Waals surface area contributed by atoms with Crippen molar-refractivity contribution in [1.29, 1.82) is 0 Å². The van der Waals surface area contributed by atoms with Gasteiger partial charge in [0.05, 0.1) is 13.2 Å². The van der Waals surface area contributed by atoms with E-state index in [0.717, 1.165) is 26.1 Å². The Morgan fingerprint density at radius 1 is 1.15 bits per heavy atom. The second-order valence-electron chi connectivity index (χ2n) is 8.81. The van der Waals surface area contributed by atoms with Gasteiger partial charge in [0.25, 0.3) is 0 Å². The molecule has 3 fully saturated rings. The number of hydrogen-bond acceptors (Lipinski definition) is 4. The van der Waals surface area contributed by atoms with Crippen LogP contribution in [0.5, 0.6) is 5.75 Å². The standard InChI is InChI=1S/C22H28O4/c1-14(23)26-16-4-6-17-15(13-16)3-5-19-18(17)7-9-21(2)20(19)8-10-22(21)24-11-12-25-22/h4,6,13,18-20H,3,5,7-12H2,1-2H3/t18-,19-,20+,21+/m1/s1. The van der Waals surface area contributed by atoms with Gasteiger partial charge in [-0.2, -0.15) is 0 Å². The molecule has 3 aliphatic carbocycles. The van der Waals surface area contributed by atoms with E-state index in [-0.39, 0.29) is 17.2 Å². The van der Waals surface area contributed by atoms with Crippen molar-refractivity contribution in [2.24, 2.45) is 17.3 Å². The first-order valence-corrected chi connectivity index (χ1v) is 10.1. The monoisotopic (exact) mass is 356 g/mol.